The van der Waals surface area contributed by atoms with Crippen molar-refractivity contribution >= 4 is 0 Å². The zero-order valence-electron chi connectivity index (χ0n) is 11.1. The summed E-state index contributed by atoms with van der Waals surface area (Å²) < 4.78 is 0. The van der Waals surface area contributed by atoms with Crippen molar-refractivity contribution in [2.75, 3.05) is 26.2 Å². The number of piperidine rings is 1. The van der Waals surface area contributed by atoms with Gasteiger partial charge in [-0.15, -0.1) is 0 Å². The topological polar surface area (TPSA) is 35.5 Å². The molecule has 1 saturated heterocycles. The van der Waals surface area contributed by atoms with E-state index in [1.54, 1.807) is 0 Å². The van der Waals surface area contributed by atoms with Crippen molar-refractivity contribution in [3.8, 4) is 0 Å². The Morgan fingerprint density at radius 3 is 2.75 bits per heavy atom. The van der Waals surface area contributed by atoms with Gasteiger partial charge in [0, 0.05) is 18.1 Å². The first-order valence-electron chi connectivity index (χ1n) is 6.71. The van der Waals surface area contributed by atoms with Crippen LogP contribution in [-0.4, -0.2) is 47.8 Å². The number of aliphatic hydroxyl groups excluding tert-OH is 1. The van der Waals surface area contributed by atoms with Crippen LogP contribution in [-0.2, 0) is 0 Å². The van der Waals surface area contributed by atoms with Gasteiger partial charge in [-0.3, -0.25) is 0 Å². The predicted molar refractivity (Wildman–Crippen MR) is 68.7 cm³/mol. The zero-order valence-corrected chi connectivity index (χ0v) is 11.1. The van der Waals surface area contributed by atoms with Crippen LogP contribution in [0.4, 0.5) is 0 Å². The maximum absolute atomic E-state index is 9.43. The highest BCUT2D eigenvalue weighted by molar-refractivity contribution is 4.84. The van der Waals surface area contributed by atoms with E-state index < -0.39 is 0 Å². The third kappa shape index (κ3) is 4.04. The standard InChI is InChI=1S/C13H28N2O/c1-4-14-13(3,11-16)8-10-15-9-6-5-7-12(15)2/h12,14,16H,4-11H2,1-3H3. The molecule has 3 nitrogen and oxygen atoms in total. The predicted octanol–water partition coefficient (Wildman–Crippen LogP) is 1.61. The summed E-state index contributed by atoms with van der Waals surface area (Å²) >= 11 is 0. The van der Waals surface area contributed by atoms with E-state index >= 15 is 0 Å². The summed E-state index contributed by atoms with van der Waals surface area (Å²) in [6, 6.07) is 0.721. The van der Waals surface area contributed by atoms with Crippen LogP contribution in [0.5, 0.6) is 0 Å². The Bertz CT molecular complexity index is 198. The maximum Gasteiger partial charge on any atom is 0.0611 e. The number of likely N-dealkylation sites (N-methyl/N-ethyl adjacent to an activating group) is 1. The lowest BCUT2D eigenvalue weighted by Crippen LogP contribution is -2.49. The van der Waals surface area contributed by atoms with Gasteiger partial charge in [-0.25, -0.2) is 0 Å². The van der Waals surface area contributed by atoms with Gasteiger partial charge in [-0.2, -0.15) is 0 Å². The van der Waals surface area contributed by atoms with Gasteiger partial charge in [-0.1, -0.05) is 13.3 Å². The molecule has 0 amide bonds. The molecule has 0 aromatic carbocycles. The fourth-order valence-corrected chi connectivity index (χ4v) is 2.53. The fraction of sp³-hybridized carbons (Fsp3) is 1.00. The Kier molecular flexibility index (Phi) is 5.73. The lowest BCUT2D eigenvalue weighted by Gasteiger charge is -2.37. The molecule has 1 aliphatic rings. The number of hydrogen-bond acceptors (Lipinski definition) is 3. The Hall–Kier alpha value is -0.120. The van der Waals surface area contributed by atoms with Crippen LogP contribution in [0.2, 0.25) is 0 Å². The second kappa shape index (κ2) is 6.58. The summed E-state index contributed by atoms with van der Waals surface area (Å²) in [7, 11) is 0. The van der Waals surface area contributed by atoms with Gasteiger partial charge in [0.2, 0.25) is 0 Å². The number of likely N-dealkylation sites (tertiary alicyclic amines) is 1. The van der Waals surface area contributed by atoms with Crippen LogP contribution in [0.15, 0.2) is 0 Å². The van der Waals surface area contributed by atoms with Crippen molar-refractivity contribution in [1.82, 2.24) is 10.2 Å². The van der Waals surface area contributed by atoms with Gasteiger partial charge in [0.15, 0.2) is 0 Å². The average Bonchev–Trinajstić information content (AvgIpc) is 2.28. The molecule has 0 bridgehead atoms. The third-order valence-corrected chi connectivity index (χ3v) is 3.84. The van der Waals surface area contributed by atoms with E-state index in [-0.39, 0.29) is 12.1 Å². The highest BCUT2D eigenvalue weighted by atomic mass is 16.3. The molecule has 2 N–H and O–H groups in total. The minimum absolute atomic E-state index is 0.105. The molecule has 1 heterocycles. The Balaban J connectivity index is 2.36. The van der Waals surface area contributed by atoms with Gasteiger partial charge in [0.25, 0.3) is 0 Å². The summed E-state index contributed by atoms with van der Waals surface area (Å²) in [5, 5.41) is 12.8. The van der Waals surface area contributed by atoms with E-state index in [2.05, 4.69) is 31.0 Å². The smallest absolute Gasteiger partial charge is 0.0611 e. The van der Waals surface area contributed by atoms with Crippen LogP contribution in [0.1, 0.15) is 46.5 Å². The second-order valence-electron chi connectivity index (χ2n) is 5.38. The quantitative estimate of drug-likeness (QED) is 0.725. The third-order valence-electron chi connectivity index (χ3n) is 3.84. The summed E-state index contributed by atoms with van der Waals surface area (Å²) in [5.74, 6) is 0. The molecule has 3 heteroatoms. The molecule has 96 valence electrons. The highest BCUT2D eigenvalue weighted by Crippen LogP contribution is 2.18. The number of rotatable bonds is 6. The van der Waals surface area contributed by atoms with E-state index in [1.807, 2.05) is 0 Å². The number of nitrogens with one attached hydrogen (secondary N) is 1. The molecular weight excluding hydrogens is 200 g/mol. The van der Waals surface area contributed by atoms with Gasteiger partial charge in [0.05, 0.1) is 6.61 Å². The van der Waals surface area contributed by atoms with E-state index in [1.165, 1.54) is 25.8 Å². The van der Waals surface area contributed by atoms with Crippen LogP contribution >= 0.6 is 0 Å². The molecule has 0 aromatic rings. The Labute approximate surface area is 100 Å². The first-order valence-corrected chi connectivity index (χ1v) is 6.71. The number of nitrogens with zero attached hydrogens (tertiary/aromatic N) is 1. The SMILES string of the molecule is CCNC(C)(CO)CCN1CCCCC1C. The van der Waals surface area contributed by atoms with E-state index in [0.717, 1.165) is 25.6 Å². The van der Waals surface area contributed by atoms with Crippen LogP contribution < -0.4 is 5.32 Å². The molecule has 2 atom stereocenters. The molecule has 1 fully saturated rings. The average molecular weight is 228 g/mol. The van der Waals surface area contributed by atoms with Gasteiger partial charge >= 0.3 is 0 Å². The molecule has 1 rings (SSSR count). The number of hydrogen-bond donors (Lipinski definition) is 2. The van der Waals surface area contributed by atoms with E-state index in [0.29, 0.717) is 0 Å². The molecular formula is C13H28N2O. The summed E-state index contributed by atoms with van der Waals surface area (Å²) in [6.07, 6.45) is 5.07. The Morgan fingerprint density at radius 2 is 2.19 bits per heavy atom. The maximum atomic E-state index is 9.43. The molecule has 16 heavy (non-hydrogen) atoms. The van der Waals surface area contributed by atoms with Crippen LogP contribution in [0.25, 0.3) is 0 Å². The fourth-order valence-electron chi connectivity index (χ4n) is 2.53. The lowest BCUT2D eigenvalue weighted by atomic mass is 9.96. The minimum atomic E-state index is -0.105. The lowest BCUT2D eigenvalue weighted by molar-refractivity contribution is 0.115. The minimum Gasteiger partial charge on any atom is -0.394 e. The van der Waals surface area contributed by atoms with E-state index in [9.17, 15) is 5.11 Å². The second-order valence-corrected chi connectivity index (χ2v) is 5.38. The van der Waals surface area contributed by atoms with Crippen LogP contribution in [0.3, 0.4) is 0 Å². The van der Waals surface area contributed by atoms with Crippen molar-refractivity contribution in [2.24, 2.45) is 0 Å². The largest absolute Gasteiger partial charge is 0.394 e. The summed E-state index contributed by atoms with van der Waals surface area (Å²) in [6.45, 7) is 10.0. The molecule has 0 radical (unpaired) electrons. The van der Waals surface area contributed by atoms with Gasteiger partial charge < -0.3 is 15.3 Å². The molecule has 0 aromatic heterocycles. The molecule has 0 spiro atoms. The summed E-state index contributed by atoms with van der Waals surface area (Å²) in [5.41, 5.74) is -0.105. The van der Waals surface area contributed by atoms with Crippen molar-refractivity contribution < 1.29 is 5.11 Å². The number of aliphatic hydroxyl groups is 1. The monoisotopic (exact) mass is 228 g/mol. The van der Waals surface area contributed by atoms with Gasteiger partial charge in [0.1, 0.15) is 0 Å². The summed E-state index contributed by atoms with van der Waals surface area (Å²) in [4.78, 5) is 2.56. The van der Waals surface area contributed by atoms with Crippen molar-refractivity contribution in [3.63, 3.8) is 0 Å². The van der Waals surface area contributed by atoms with Crippen molar-refractivity contribution in [1.29, 1.82) is 0 Å². The van der Waals surface area contributed by atoms with Gasteiger partial charge in [-0.05, 0) is 46.2 Å². The van der Waals surface area contributed by atoms with E-state index in [4.69, 9.17) is 0 Å². The first kappa shape index (κ1) is 13.9. The highest BCUT2D eigenvalue weighted by Gasteiger charge is 2.25. The van der Waals surface area contributed by atoms with Crippen molar-refractivity contribution in [2.45, 2.75) is 58.0 Å². The zero-order chi connectivity index (χ0) is 12.0. The normalized spacial score (nSPS) is 26.6. The molecule has 0 saturated carbocycles. The van der Waals surface area contributed by atoms with Crippen molar-refractivity contribution in [3.05, 3.63) is 0 Å². The molecule has 0 aliphatic carbocycles. The van der Waals surface area contributed by atoms with Crippen LogP contribution in [0, 0.1) is 0 Å². The first-order chi connectivity index (χ1) is 7.61. The Morgan fingerprint density at radius 1 is 1.44 bits per heavy atom. The molecule has 2 unspecified atom stereocenters. The molecule has 1 aliphatic heterocycles.